The molecule has 150 valence electrons. The van der Waals surface area contributed by atoms with Crippen molar-refractivity contribution in [2.75, 3.05) is 46.4 Å². The number of hydrogen-bond acceptors (Lipinski definition) is 7. The first-order chi connectivity index (χ1) is 14.2. The Kier molecular flexibility index (Phi) is 6.85. The molecule has 0 bridgehead atoms. The monoisotopic (exact) mass is 393 g/mol. The lowest BCUT2D eigenvalue weighted by Gasteiger charge is -2.15. The molecule has 1 aromatic heterocycles. The largest absolute Gasteiger partial charge is 0.487 e. The third kappa shape index (κ3) is 4.93. The van der Waals surface area contributed by atoms with E-state index >= 15 is 0 Å². The van der Waals surface area contributed by atoms with Crippen molar-refractivity contribution >= 4 is 16.9 Å². The van der Waals surface area contributed by atoms with E-state index in [2.05, 4.69) is 15.9 Å². The molecule has 0 saturated heterocycles. The summed E-state index contributed by atoms with van der Waals surface area (Å²) in [5.41, 5.74) is 8.88. The van der Waals surface area contributed by atoms with Gasteiger partial charge >= 0.3 is 0 Å². The zero-order valence-electron chi connectivity index (χ0n) is 16.5. The molecular formula is C22H23N3O4. The van der Waals surface area contributed by atoms with Crippen LogP contribution in [0.2, 0.25) is 0 Å². The number of aromatic nitrogens is 2. The maximum absolute atomic E-state index is 5.97. The van der Waals surface area contributed by atoms with Gasteiger partial charge in [-0.15, -0.1) is 6.42 Å². The molecule has 0 atom stereocenters. The van der Waals surface area contributed by atoms with Crippen molar-refractivity contribution in [3.05, 3.63) is 42.0 Å². The molecule has 0 unspecified atom stereocenters. The predicted octanol–water partition coefficient (Wildman–Crippen LogP) is 2.91. The molecule has 2 aromatic carbocycles. The smallest absolute Gasteiger partial charge is 0.221 e. The molecule has 2 N–H and O–H groups in total. The highest BCUT2D eigenvalue weighted by molar-refractivity contribution is 5.95. The second-order valence-corrected chi connectivity index (χ2v) is 6.15. The maximum Gasteiger partial charge on any atom is 0.221 e. The van der Waals surface area contributed by atoms with Crippen molar-refractivity contribution in [3.8, 4) is 35.1 Å². The van der Waals surface area contributed by atoms with Crippen LogP contribution in [0.4, 0.5) is 5.95 Å². The van der Waals surface area contributed by atoms with E-state index in [0.717, 1.165) is 16.5 Å². The average Bonchev–Trinajstić information content (AvgIpc) is 2.74. The summed E-state index contributed by atoms with van der Waals surface area (Å²) in [7, 11) is 3.23. The number of anilines is 1. The number of hydrogen-bond donors (Lipinski definition) is 1. The van der Waals surface area contributed by atoms with Gasteiger partial charge in [-0.05, 0) is 18.2 Å². The zero-order valence-corrected chi connectivity index (χ0v) is 16.5. The van der Waals surface area contributed by atoms with Crippen molar-refractivity contribution in [3.63, 3.8) is 0 Å². The quantitative estimate of drug-likeness (QED) is 0.442. The Hall–Kier alpha value is -3.34. The number of methoxy groups -OCH3 is 2. The molecule has 3 aromatic rings. The van der Waals surface area contributed by atoms with E-state index in [-0.39, 0.29) is 5.95 Å². The third-order valence-corrected chi connectivity index (χ3v) is 4.17. The predicted molar refractivity (Wildman–Crippen MR) is 112 cm³/mol. The number of rotatable bonds is 9. The molecule has 0 radical (unpaired) electrons. The SMILES string of the molecule is C#Cc1cccc(-c2nc(N)nc3cc(OCCOC)c(OCCOC)cc23)c1. The topological polar surface area (TPSA) is 88.7 Å². The van der Waals surface area contributed by atoms with Gasteiger partial charge in [-0.25, -0.2) is 9.97 Å². The Bertz CT molecular complexity index is 1030. The maximum atomic E-state index is 5.97. The van der Waals surface area contributed by atoms with Gasteiger partial charge in [0.1, 0.15) is 13.2 Å². The Morgan fingerprint density at radius 1 is 0.931 bits per heavy atom. The summed E-state index contributed by atoms with van der Waals surface area (Å²) in [6, 6.07) is 11.2. The number of nitrogens with zero attached hydrogens (tertiary/aromatic N) is 2. The van der Waals surface area contributed by atoms with Crippen molar-refractivity contribution in [1.29, 1.82) is 0 Å². The second-order valence-electron chi connectivity index (χ2n) is 6.15. The number of terminal acetylenes is 1. The lowest BCUT2D eigenvalue weighted by atomic mass is 10.0. The van der Waals surface area contributed by atoms with Crippen LogP contribution in [0.3, 0.4) is 0 Å². The third-order valence-electron chi connectivity index (χ3n) is 4.17. The van der Waals surface area contributed by atoms with Gasteiger partial charge in [0.15, 0.2) is 11.5 Å². The van der Waals surface area contributed by atoms with Gasteiger partial charge in [-0.1, -0.05) is 18.1 Å². The summed E-state index contributed by atoms with van der Waals surface area (Å²) in [4.78, 5) is 8.81. The van der Waals surface area contributed by atoms with Crippen molar-refractivity contribution < 1.29 is 18.9 Å². The minimum Gasteiger partial charge on any atom is -0.487 e. The van der Waals surface area contributed by atoms with Crippen LogP contribution < -0.4 is 15.2 Å². The molecule has 0 amide bonds. The van der Waals surface area contributed by atoms with Gasteiger partial charge in [-0.2, -0.15) is 0 Å². The van der Waals surface area contributed by atoms with Gasteiger partial charge in [0.2, 0.25) is 5.95 Å². The van der Waals surface area contributed by atoms with Crippen LogP contribution in [0.5, 0.6) is 11.5 Å². The van der Waals surface area contributed by atoms with Crippen LogP contribution in [0.25, 0.3) is 22.2 Å². The molecule has 0 spiro atoms. The highest BCUT2D eigenvalue weighted by Gasteiger charge is 2.15. The molecule has 7 heteroatoms. The molecule has 0 aliphatic rings. The lowest BCUT2D eigenvalue weighted by molar-refractivity contribution is 0.132. The van der Waals surface area contributed by atoms with Gasteiger partial charge in [0.05, 0.1) is 24.4 Å². The van der Waals surface area contributed by atoms with E-state index in [0.29, 0.717) is 49.1 Å². The minimum absolute atomic E-state index is 0.162. The summed E-state index contributed by atoms with van der Waals surface area (Å²) < 4.78 is 21.8. The summed E-state index contributed by atoms with van der Waals surface area (Å²) in [5.74, 6) is 3.91. The lowest BCUT2D eigenvalue weighted by Crippen LogP contribution is -2.09. The first-order valence-electron chi connectivity index (χ1n) is 9.08. The summed E-state index contributed by atoms with van der Waals surface area (Å²) in [5, 5.41) is 0.778. The number of benzene rings is 2. The molecule has 0 saturated carbocycles. The molecule has 29 heavy (non-hydrogen) atoms. The fourth-order valence-corrected chi connectivity index (χ4v) is 2.83. The summed E-state index contributed by atoms with van der Waals surface area (Å²) in [6.45, 7) is 1.65. The van der Waals surface area contributed by atoms with Crippen LogP contribution in [0.15, 0.2) is 36.4 Å². The molecule has 0 aliphatic carbocycles. The molecule has 1 heterocycles. The van der Waals surface area contributed by atoms with E-state index < -0.39 is 0 Å². The fourth-order valence-electron chi connectivity index (χ4n) is 2.83. The molecule has 3 rings (SSSR count). The number of ether oxygens (including phenoxy) is 4. The highest BCUT2D eigenvalue weighted by atomic mass is 16.5. The van der Waals surface area contributed by atoms with E-state index in [4.69, 9.17) is 31.1 Å². The minimum atomic E-state index is 0.162. The summed E-state index contributed by atoms with van der Waals surface area (Å²) >= 11 is 0. The van der Waals surface area contributed by atoms with Crippen molar-refractivity contribution in [2.45, 2.75) is 0 Å². The zero-order chi connectivity index (χ0) is 20.6. The van der Waals surface area contributed by atoms with E-state index in [1.54, 1.807) is 20.3 Å². The van der Waals surface area contributed by atoms with Crippen molar-refractivity contribution in [1.82, 2.24) is 9.97 Å². The first kappa shape index (κ1) is 20.4. The molecular weight excluding hydrogens is 370 g/mol. The Balaban J connectivity index is 2.12. The first-order valence-corrected chi connectivity index (χ1v) is 9.08. The number of nitrogens with two attached hydrogens (primary N) is 1. The molecule has 0 fully saturated rings. The summed E-state index contributed by atoms with van der Waals surface area (Å²) in [6.07, 6.45) is 5.54. The van der Waals surface area contributed by atoms with Gasteiger partial charge in [0.25, 0.3) is 0 Å². The van der Waals surface area contributed by atoms with Gasteiger partial charge < -0.3 is 24.7 Å². The van der Waals surface area contributed by atoms with Gasteiger partial charge in [-0.3, -0.25) is 0 Å². The van der Waals surface area contributed by atoms with Crippen molar-refractivity contribution in [2.24, 2.45) is 0 Å². The second kappa shape index (κ2) is 9.73. The molecule has 0 aliphatic heterocycles. The Morgan fingerprint density at radius 2 is 1.62 bits per heavy atom. The van der Waals surface area contributed by atoms with Crippen LogP contribution >= 0.6 is 0 Å². The van der Waals surface area contributed by atoms with E-state index in [1.165, 1.54) is 0 Å². The highest BCUT2D eigenvalue weighted by Crippen LogP contribution is 2.36. The van der Waals surface area contributed by atoms with Gasteiger partial charge in [0, 0.05) is 36.8 Å². The van der Waals surface area contributed by atoms with Crippen LogP contribution in [0, 0.1) is 12.3 Å². The Labute approximate surface area is 169 Å². The van der Waals surface area contributed by atoms with Crippen LogP contribution in [0.1, 0.15) is 5.56 Å². The van der Waals surface area contributed by atoms with E-state index in [1.807, 2.05) is 30.3 Å². The van der Waals surface area contributed by atoms with Crippen LogP contribution in [-0.4, -0.2) is 50.6 Å². The molecule has 7 nitrogen and oxygen atoms in total. The number of nitrogen functional groups attached to an aromatic ring is 1. The normalized spacial score (nSPS) is 10.7. The van der Waals surface area contributed by atoms with E-state index in [9.17, 15) is 0 Å². The fraction of sp³-hybridized carbons (Fsp3) is 0.273. The average molecular weight is 393 g/mol. The van der Waals surface area contributed by atoms with Crippen LogP contribution in [-0.2, 0) is 9.47 Å². The Morgan fingerprint density at radius 3 is 2.28 bits per heavy atom. The number of fused-ring (bicyclic) bond motifs is 1. The standard InChI is InChI=1S/C22H23N3O4/c1-4-15-6-5-7-16(12-15)21-17-13-19(28-10-8-26-2)20(29-11-9-27-3)14-18(17)24-22(23)25-21/h1,5-7,12-14H,8-11H2,2-3H3,(H2,23,24,25).